The first-order chi connectivity index (χ1) is 9.31. The molecule has 114 valence electrons. The lowest BCUT2D eigenvalue weighted by Gasteiger charge is -2.05. The van der Waals surface area contributed by atoms with E-state index in [1.165, 1.54) is 44.9 Å². The molecule has 0 atom stereocenters. The Labute approximate surface area is 119 Å². The molecule has 0 unspecified atom stereocenters. The van der Waals surface area contributed by atoms with Crippen molar-refractivity contribution in [3.8, 4) is 0 Å². The maximum atomic E-state index is 11.3. The van der Waals surface area contributed by atoms with Crippen molar-refractivity contribution in [2.45, 2.75) is 78.1 Å². The van der Waals surface area contributed by atoms with E-state index in [9.17, 15) is 4.79 Å². The average molecular weight is 272 g/mol. The molecule has 0 heterocycles. The van der Waals surface area contributed by atoms with Crippen LogP contribution in [-0.2, 0) is 14.3 Å². The minimum absolute atomic E-state index is 0.126. The van der Waals surface area contributed by atoms with Crippen LogP contribution in [-0.4, -0.2) is 25.8 Å². The molecule has 0 aliphatic heterocycles. The van der Waals surface area contributed by atoms with Crippen LogP contribution in [0.1, 0.15) is 78.1 Å². The zero-order chi connectivity index (χ0) is 14.2. The number of unbranched alkanes of at least 4 members (excludes halogenated alkanes) is 7. The summed E-state index contributed by atoms with van der Waals surface area (Å²) in [5.74, 6) is -0.126. The van der Waals surface area contributed by atoms with E-state index in [0.717, 1.165) is 19.4 Å². The minimum Gasteiger partial charge on any atom is -0.466 e. The quantitative estimate of drug-likeness (QED) is 0.345. The van der Waals surface area contributed by atoms with E-state index >= 15 is 0 Å². The monoisotopic (exact) mass is 272 g/mol. The van der Waals surface area contributed by atoms with Crippen LogP contribution in [0.4, 0.5) is 0 Å². The van der Waals surface area contributed by atoms with Crippen molar-refractivity contribution < 1.29 is 14.3 Å². The summed E-state index contributed by atoms with van der Waals surface area (Å²) in [5.41, 5.74) is 0. The van der Waals surface area contributed by atoms with Crippen molar-refractivity contribution in [1.29, 1.82) is 0 Å². The van der Waals surface area contributed by atoms with Crippen LogP contribution < -0.4 is 0 Å². The molecule has 0 aromatic carbocycles. The molecule has 0 amide bonds. The first-order valence-electron chi connectivity index (χ1n) is 8.04. The Bertz CT molecular complexity index is 192. The van der Waals surface area contributed by atoms with E-state index < -0.39 is 0 Å². The van der Waals surface area contributed by atoms with Crippen LogP contribution in [0.3, 0.4) is 0 Å². The average Bonchev–Trinajstić information content (AvgIpc) is 2.42. The Kier molecular flexibility index (Phi) is 15.0. The Morgan fingerprint density at radius 3 is 2.00 bits per heavy atom. The van der Waals surface area contributed by atoms with E-state index in [4.69, 9.17) is 9.47 Å². The molecule has 0 fully saturated rings. The molecule has 0 bridgehead atoms. The van der Waals surface area contributed by atoms with Gasteiger partial charge < -0.3 is 9.47 Å². The van der Waals surface area contributed by atoms with Crippen LogP contribution in [0.15, 0.2) is 0 Å². The van der Waals surface area contributed by atoms with Crippen LogP contribution in [0.5, 0.6) is 0 Å². The molecular formula is C16H32O3. The zero-order valence-corrected chi connectivity index (χ0v) is 12.9. The number of esters is 1. The first kappa shape index (κ1) is 18.4. The minimum atomic E-state index is -0.126. The highest BCUT2D eigenvalue weighted by molar-refractivity contribution is 5.69. The summed E-state index contributed by atoms with van der Waals surface area (Å²) in [7, 11) is 0. The van der Waals surface area contributed by atoms with Crippen LogP contribution >= 0.6 is 0 Å². The van der Waals surface area contributed by atoms with Gasteiger partial charge in [-0.05, 0) is 12.8 Å². The molecule has 3 heteroatoms. The summed E-state index contributed by atoms with van der Waals surface area (Å²) in [6.07, 6.45) is 11.5. The van der Waals surface area contributed by atoms with E-state index in [2.05, 4.69) is 13.8 Å². The second-order valence-electron chi connectivity index (χ2n) is 5.06. The molecule has 0 N–H and O–H groups in total. The van der Waals surface area contributed by atoms with E-state index in [-0.39, 0.29) is 5.97 Å². The summed E-state index contributed by atoms with van der Waals surface area (Å²) >= 11 is 0. The van der Waals surface area contributed by atoms with E-state index in [0.29, 0.717) is 19.6 Å². The fourth-order valence-corrected chi connectivity index (χ4v) is 1.90. The predicted octanol–water partition coefficient (Wildman–Crippen LogP) is 4.49. The van der Waals surface area contributed by atoms with Crippen molar-refractivity contribution in [2.75, 3.05) is 19.8 Å². The van der Waals surface area contributed by atoms with Gasteiger partial charge in [-0.15, -0.1) is 0 Å². The number of rotatable bonds is 14. The Balaban J connectivity index is 3.10. The maximum absolute atomic E-state index is 11.3. The number of ether oxygens (including phenoxy) is 2. The molecule has 0 rings (SSSR count). The van der Waals surface area contributed by atoms with Gasteiger partial charge >= 0.3 is 5.97 Å². The fourth-order valence-electron chi connectivity index (χ4n) is 1.90. The van der Waals surface area contributed by atoms with Gasteiger partial charge in [0.25, 0.3) is 0 Å². The first-order valence-corrected chi connectivity index (χ1v) is 8.04. The maximum Gasteiger partial charge on any atom is 0.308 e. The van der Waals surface area contributed by atoms with Gasteiger partial charge in [0.05, 0.1) is 19.6 Å². The van der Waals surface area contributed by atoms with Gasteiger partial charge in [-0.1, -0.05) is 58.8 Å². The molecule has 0 aliphatic rings. The molecular weight excluding hydrogens is 240 g/mol. The molecule has 0 saturated carbocycles. The molecule has 19 heavy (non-hydrogen) atoms. The highest BCUT2D eigenvalue weighted by Crippen LogP contribution is 2.08. The summed E-state index contributed by atoms with van der Waals surface area (Å²) in [6.45, 7) is 6.08. The van der Waals surface area contributed by atoms with Crippen molar-refractivity contribution in [3.05, 3.63) is 0 Å². The topological polar surface area (TPSA) is 35.5 Å². The molecule has 0 spiro atoms. The van der Waals surface area contributed by atoms with Gasteiger partial charge in [0, 0.05) is 6.61 Å². The third-order valence-electron chi connectivity index (χ3n) is 3.06. The number of hydrogen-bond acceptors (Lipinski definition) is 3. The number of carbonyl (C=O) groups is 1. The lowest BCUT2D eigenvalue weighted by Crippen LogP contribution is -2.09. The molecule has 3 nitrogen and oxygen atoms in total. The third-order valence-corrected chi connectivity index (χ3v) is 3.06. The van der Waals surface area contributed by atoms with Crippen LogP contribution in [0.2, 0.25) is 0 Å². The summed E-state index contributed by atoms with van der Waals surface area (Å²) < 4.78 is 10.4. The third kappa shape index (κ3) is 15.4. The highest BCUT2D eigenvalue weighted by Gasteiger charge is 2.02. The van der Waals surface area contributed by atoms with Gasteiger partial charge in [-0.3, -0.25) is 4.79 Å². The van der Waals surface area contributed by atoms with Crippen molar-refractivity contribution in [3.63, 3.8) is 0 Å². The summed E-state index contributed by atoms with van der Waals surface area (Å²) in [5, 5.41) is 0. The largest absolute Gasteiger partial charge is 0.466 e. The zero-order valence-electron chi connectivity index (χ0n) is 12.9. The van der Waals surface area contributed by atoms with Crippen molar-refractivity contribution in [2.24, 2.45) is 0 Å². The highest BCUT2D eigenvalue weighted by atomic mass is 16.5. The van der Waals surface area contributed by atoms with Crippen molar-refractivity contribution >= 4 is 5.97 Å². The van der Waals surface area contributed by atoms with Crippen molar-refractivity contribution in [1.82, 2.24) is 0 Å². The fraction of sp³-hybridized carbons (Fsp3) is 0.938. The van der Waals surface area contributed by atoms with Gasteiger partial charge in [-0.2, -0.15) is 0 Å². The lowest BCUT2D eigenvalue weighted by atomic mass is 10.1. The number of hydrogen-bond donors (Lipinski definition) is 0. The second-order valence-corrected chi connectivity index (χ2v) is 5.06. The smallest absolute Gasteiger partial charge is 0.308 e. The molecule has 0 saturated heterocycles. The van der Waals surface area contributed by atoms with Gasteiger partial charge in [-0.25, -0.2) is 0 Å². The lowest BCUT2D eigenvalue weighted by molar-refractivity contribution is -0.145. The van der Waals surface area contributed by atoms with E-state index in [1.807, 2.05) is 0 Å². The van der Waals surface area contributed by atoms with Gasteiger partial charge in [0.2, 0.25) is 0 Å². The van der Waals surface area contributed by atoms with Gasteiger partial charge in [0.15, 0.2) is 0 Å². The van der Waals surface area contributed by atoms with E-state index in [1.54, 1.807) is 0 Å². The molecule has 0 aromatic heterocycles. The normalized spacial score (nSPS) is 10.6. The molecule has 0 aliphatic carbocycles. The molecule has 0 aromatic rings. The Morgan fingerprint density at radius 2 is 1.37 bits per heavy atom. The Hall–Kier alpha value is -0.570. The standard InChI is InChI=1S/C16H32O3/c1-3-5-6-7-8-9-10-11-14-19-16(17)12-15-18-13-4-2/h3-15H2,1-2H3. The number of carbonyl (C=O) groups excluding carboxylic acids is 1. The SMILES string of the molecule is CCCCCCCCCCOC(=O)CCOCCC. The Morgan fingerprint density at radius 1 is 0.737 bits per heavy atom. The summed E-state index contributed by atoms with van der Waals surface area (Å²) in [6, 6.07) is 0. The van der Waals surface area contributed by atoms with Crippen LogP contribution in [0, 0.1) is 0 Å². The molecule has 0 radical (unpaired) electrons. The van der Waals surface area contributed by atoms with Crippen LogP contribution in [0.25, 0.3) is 0 Å². The second kappa shape index (κ2) is 15.5. The summed E-state index contributed by atoms with van der Waals surface area (Å²) in [4.78, 5) is 11.3. The van der Waals surface area contributed by atoms with Gasteiger partial charge in [0.1, 0.15) is 0 Å². The predicted molar refractivity (Wildman–Crippen MR) is 79.3 cm³/mol.